The maximum atomic E-state index is 13.2. The van der Waals surface area contributed by atoms with E-state index < -0.39 is 0 Å². The lowest BCUT2D eigenvalue weighted by molar-refractivity contribution is -0.146. The number of carbonyl (C=O) groups is 1. The van der Waals surface area contributed by atoms with Crippen LogP contribution in [0.25, 0.3) is 0 Å². The molecule has 1 heterocycles. The minimum Gasteiger partial charge on any atom is -0.486 e. The number of nitrogens with one attached hydrogen (secondary N) is 2. The molecule has 0 spiro atoms. The van der Waals surface area contributed by atoms with Crippen molar-refractivity contribution in [2.45, 2.75) is 64.5 Å². The molecule has 5 nitrogen and oxygen atoms in total. The van der Waals surface area contributed by atoms with Gasteiger partial charge in [0.25, 0.3) is 0 Å². The van der Waals surface area contributed by atoms with Gasteiger partial charge in [-0.15, -0.1) is 0 Å². The number of fused-ring (bicyclic) bond motifs is 1. The van der Waals surface area contributed by atoms with Crippen molar-refractivity contribution >= 4 is 5.91 Å². The van der Waals surface area contributed by atoms with E-state index in [9.17, 15) is 4.79 Å². The highest BCUT2D eigenvalue weighted by Gasteiger charge is 2.54. The Morgan fingerprint density at radius 1 is 0.943 bits per heavy atom. The third kappa shape index (κ3) is 4.67. The van der Waals surface area contributed by atoms with Gasteiger partial charge in [-0.25, -0.2) is 0 Å². The zero-order valence-corrected chi connectivity index (χ0v) is 20.9. The summed E-state index contributed by atoms with van der Waals surface area (Å²) in [4.78, 5) is 13.2. The molecule has 5 aliphatic rings. The van der Waals surface area contributed by atoms with Crippen molar-refractivity contribution < 1.29 is 14.3 Å². The molecule has 35 heavy (non-hydrogen) atoms. The molecule has 2 aromatic carbocycles. The molecule has 186 valence electrons. The van der Waals surface area contributed by atoms with Crippen molar-refractivity contribution in [2.75, 3.05) is 19.7 Å². The summed E-state index contributed by atoms with van der Waals surface area (Å²) in [6.07, 6.45) is 8.32. The Morgan fingerprint density at radius 3 is 2.40 bits per heavy atom. The van der Waals surface area contributed by atoms with E-state index in [4.69, 9.17) is 9.47 Å². The van der Waals surface area contributed by atoms with Crippen LogP contribution in [0, 0.1) is 30.1 Å². The maximum Gasteiger partial charge on any atom is 0.226 e. The van der Waals surface area contributed by atoms with Crippen molar-refractivity contribution in [3.63, 3.8) is 0 Å². The first-order valence-corrected chi connectivity index (χ1v) is 13.5. The third-order valence-corrected chi connectivity index (χ3v) is 8.87. The molecule has 7 rings (SSSR count). The van der Waals surface area contributed by atoms with E-state index in [1.54, 1.807) is 0 Å². The van der Waals surface area contributed by atoms with Crippen molar-refractivity contribution in [2.24, 2.45) is 23.2 Å². The van der Waals surface area contributed by atoms with E-state index in [1.165, 1.54) is 30.4 Å². The van der Waals surface area contributed by atoms with Gasteiger partial charge in [0.15, 0.2) is 11.5 Å². The fourth-order valence-corrected chi connectivity index (χ4v) is 7.61. The Bertz CT molecular complexity index is 1050. The summed E-state index contributed by atoms with van der Waals surface area (Å²) in [6.45, 7) is 4.88. The summed E-state index contributed by atoms with van der Waals surface area (Å²) < 4.78 is 12.3. The molecular weight excluding hydrogens is 436 g/mol. The molecule has 4 fully saturated rings. The first-order chi connectivity index (χ1) is 17.1. The molecule has 1 aliphatic heterocycles. The zero-order chi connectivity index (χ0) is 23.8. The van der Waals surface area contributed by atoms with Gasteiger partial charge in [-0.05, 0) is 86.0 Å². The number of para-hydroxylation sites is 1. The van der Waals surface area contributed by atoms with Crippen molar-refractivity contribution in [3.05, 3.63) is 59.2 Å². The standard InChI is InChI=1S/C30H38N2O3/c1-20-5-4-8-27-28(20)35-26(19-34-27)14-24-6-2-3-7-25(24)18-31-9-10-32-29(33)30-15-21-11-22(16-30)13-23(12-21)17-30/h2-8,21-23,26,31H,9-19H2,1H3,(H,32,33). The smallest absolute Gasteiger partial charge is 0.226 e. The summed E-state index contributed by atoms with van der Waals surface area (Å²) in [5, 5.41) is 6.83. The van der Waals surface area contributed by atoms with Crippen LogP contribution < -0.4 is 20.1 Å². The molecule has 1 unspecified atom stereocenters. The molecule has 4 saturated carbocycles. The minimum absolute atomic E-state index is 0.00400. The van der Waals surface area contributed by atoms with Crippen LogP contribution >= 0.6 is 0 Å². The summed E-state index contributed by atoms with van der Waals surface area (Å²) in [7, 11) is 0. The normalized spacial score (nSPS) is 30.3. The van der Waals surface area contributed by atoms with Gasteiger partial charge >= 0.3 is 0 Å². The largest absolute Gasteiger partial charge is 0.486 e. The minimum atomic E-state index is -0.0552. The quantitative estimate of drug-likeness (QED) is 0.540. The first kappa shape index (κ1) is 22.9. The Morgan fingerprint density at radius 2 is 1.66 bits per heavy atom. The molecular formula is C30H38N2O3. The van der Waals surface area contributed by atoms with Crippen molar-refractivity contribution in [1.29, 1.82) is 0 Å². The summed E-state index contributed by atoms with van der Waals surface area (Å²) in [5.74, 6) is 4.44. The first-order valence-electron chi connectivity index (χ1n) is 13.5. The summed E-state index contributed by atoms with van der Waals surface area (Å²) >= 11 is 0. The number of amides is 1. The molecule has 1 atom stereocenters. The lowest BCUT2D eigenvalue weighted by Crippen LogP contribution is -2.54. The van der Waals surface area contributed by atoms with Gasteiger partial charge in [-0.3, -0.25) is 4.79 Å². The Labute approximate surface area is 209 Å². The molecule has 0 saturated heterocycles. The molecule has 5 heteroatoms. The van der Waals surface area contributed by atoms with E-state index >= 15 is 0 Å². The Kier molecular flexibility index (Phi) is 6.21. The number of benzene rings is 2. The molecule has 1 amide bonds. The number of hydrogen-bond donors (Lipinski definition) is 2. The molecule has 2 aromatic rings. The zero-order valence-electron chi connectivity index (χ0n) is 20.9. The van der Waals surface area contributed by atoms with Crippen LogP contribution in [0.4, 0.5) is 0 Å². The van der Waals surface area contributed by atoms with Gasteiger partial charge in [-0.2, -0.15) is 0 Å². The fraction of sp³-hybridized carbons (Fsp3) is 0.567. The predicted molar refractivity (Wildman–Crippen MR) is 137 cm³/mol. The molecule has 4 aliphatic carbocycles. The van der Waals surface area contributed by atoms with Gasteiger partial charge in [-0.1, -0.05) is 36.4 Å². The van der Waals surface area contributed by atoms with Crippen LogP contribution in [0.2, 0.25) is 0 Å². The highest BCUT2D eigenvalue weighted by Crippen LogP contribution is 2.60. The average Bonchev–Trinajstić information content (AvgIpc) is 2.84. The number of rotatable bonds is 8. The number of hydrogen-bond acceptors (Lipinski definition) is 4. The van der Waals surface area contributed by atoms with E-state index in [2.05, 4.69) is 47.9 Å². The molecule has 0 aromatic heterocycles. The second-order valence-electron chi connectivity index (χ2n) is 11.6. The number of aryl methyl sites for hydroxylation is 1. The van der Waals surface area contributed by atoms with Gasteiger partial charge < -0.3 is 20.1 Å². The lowest BCUT2D eigenvalue weighted by atomic mass is 9.49. The van der Waals surface area contributed by atoms with Crippen LogP contribution in [0.1, 0.15) is 55.2 Å². The Hall–Kier alpha value is -2.53. The van der Waals surface area contributed by atoms with E-state index in [-0.39, 0.29) is 11.5 Å². The Balaban J connectivity index is 0.989. The summed E-state index contributed by atoms with van der Waals surface area (Å²) in [5.41, 5.74) is 3.61. The number of carbonyl (C=O) groups excluding carboxylic acids is 1. The van der Waals surface area contributed by atoms with Gasteiger partial charge in [0.2, 0.25) is 5.91 Å². The van der Waals surface area contributed by atoms with Crippen molar-refractivity contribution in [1.82, 2.24) is 10.6 Å². The highest BCUT2D eigenvalue weighted by atomic mass is 16.6. The van der Waals surface area contributed by atoms with Crippen LogP contribution in [-0.4, -0.2) is 31.7 Å². The SMILES string of the molecule is Cc1cccc2c1OC(Cc1ccccc1CNCCNC(=O)C13CC4CC(CC(C4)C1)C3)CO2. The maximum absolute atomic E-state index is 13.2. The highest BCUT2D eigenvalue weighted by molar-refractivity contribution is 5.83. The molecule has 4 bridgehead atoms. The topological polar surface area (TPSA) is 59.6 Å². The second-order valence-corrected chi connectivity index (χ2v) is 11.6. The lowest BCUT2D eigenvalue weighted by Gasteiger charge is -2.55. The fourth-order valence-electron chi connectivity index (χ4n) is 7.61. The van der Waals surface area contributed by atoms with E-state index in [0.29, 0.717) is 19.1 Å². The predicted octanol–water partition coefficient (Wildman–Crippen LogP) is 4.80. The van der Waals surface area contributed by atoms with Crippen LogP contribution in [0.15, 0.2) is 42.5 Å². The van der Waals surface area contributed by atoms with Crippen molar-refractivity contribution in [3.8, 4) is 11.5 Å². The molecule has 0 radical (unpaired) electrons. The van der Waals surface area contributed by atoms with E-state index in [0.717, 1.165) is 73.6 Å². The van der Waals surface area contributed by atoms with Gasteiger partial charge in [0.05, 0.1) is 0 Å². The third-order valence-electron chi connectivity index (χ3n) is 8.87. The summed E-state index contributed by atoms with van der Waals surface area (Å²) in [6, 6.07) is 14.6. The monoisotopic (exact) mass is 474 g/mol. The second kappa shape index (κ2) is 9.50. The van der Waals surface area contributed by atoms with Gasteiger partial charge in [0, 0.05) is 31.5 Å². The average molecular weight is 475 g/mol. The van der Waals surface area contributed by atoms with Crippen LogP contribution in [0.3, 0.4) is 0 Å². The van der Waals surface area contributed by atoms with Crippen LogP contribution in [-0.2, 0) is 17.8 Å². The van der Waals surface area contributed by atoms with Crippen LogP contribution in [0.5, 0.6) is 11.5 Å². The molecule has 2 N–H and O–H groups in total. The van der Waals surface area contributed by atoms with E-state index in [1.807, 2.05) is 12.1 Å². The number of ether oxygens (including phenoxy) is 2. The van der Waals surface area contributed by atoms with Gasteiger partial charge in [0.1, 0.15) is 12.7 Å².